The van der Waals surface area contributed by atoms with Gasteiger partial charge in [-0.05, 0) is 19.1 Å². The summed E-state index contributed by atoms with van der Waals surface area (Å²) < 4.78 is 5.41. The van der Waals surface area contributed by atoms with Gasteiger partial charge in [0.15, 0.2) is 5.82 Å². The van der Waals surface area contributed by atoms with Crippen LogP contribution >= 0.6 is 0 Å². The Kier molecular flexibility index (Phi) is 5.20. The van der Waals surface area contributed by atoms with Gasteiger partial charge in [-0.15, -0.1) is 5.10 Å². The number of aromatic nitrogens is 2. The van der Waals surface area contributed by atoms with Gasteiger partial charge in [0, 0.05) is 50.9 Å². The number of amides is 1. The minimum Gasteiger partial charge on any atom is -0.378 e. The molecule has 27 heavy (non-hydrogen) atoms. The summed E-state index contributed by atoms with van der Waals surface area (Å²) in [6, 6.07) is 9.89. The van der Waals surface area contributed by atoms with Gasteiger partial charge in [-0.3, -0.25) is 4.79 Å². The molecule has 2 aliphatic rings. The van der Waals surface area contributed by atoms with Crippen molar-refractivity contribution in [3.63, 3.8) is 0 Å². The van der Waals surface area contributed by atoms with Gasteiger partial charge >= 0.3 is 0 Å². The van der Waals surface area contributed by atoms with E-state index in [0.717, 1.165) is 62.0 Å². The standard InChI is InChI=1S/C20H25N5O2/c1-16-3-2-4-17(13-16)20(26)25-7-5-23(6-8-25)18-14-19(22-21-15-18)24-9-11-27-12-10-24/h2-4,13-15H,5-12H2,1H3. The van der Waals surface area contributed by atoms with Crippen molar-refractivity contribution in [2.75, 3.05) is 62.3 Å². The Hall–Kier alpha value is -2.67. The Labute approximate surface area is 159 Å². The van der Waals surface area contributed by atoms with Crippen LogP contribution in [0.4, 0.5) is 11.5 Å². The van der Waals surface area contributed by atoms with Gasteiger partial charge in [0.05, 0.1) is 25.1 Å². The van der Waals surface area contributed by atoms with Crippen LogP contribution in [0.15, 0.2) is 36.5 Å². The molecule has 2 fully saturated rings. The van der Waals surface area contributed by atoms with E-state index in [-0.39, 0.29) is 5.91 Å². The summed E-state index contributed by atoms with van der Waals surface area (Å²) in [4.78, 5) is 19.1. The van der Waals surface area contributed by atoms with Crippen LogP contribution in [0.5, 0.6) is 0 Å². The van der Waals surface area contributed by atoms with E-state index in [1.807, 2.05) is 42.3 Å². The molecule has 0 saturated carbocycles. The molecule has 0 unspecified atom stereocenters. The summed E-state index contributed by atoms with van der Waals surface area (Å²) >= 11 is 0. The minimum absolute atomic E-state index is 0.111. The van der Waals surface area contributed by atoms with E-state index in [1.165, 1.54) is 0 Å². The van der Waals surface area contributed by atoms with Gasteiger partial charge in [0.1, 0.15) is 0 Å². The lowest BCUT2D eigenvalue weighted by Crippen LogP contribution is -2.49. The Morgan fingerprint density at radius 3 is 2.52 bits per heavy atom. The third kappa shape index (κ3) is 4.03. The first-order valence-corrected chi connectivity index (χ1v) is 9.47. The summed E-state index contributed by atoms with van der Waals surface area (Å²) in [5.74, 6) is 1.01. The maximum absolute atomic E-state index is 12.7. The molecular weight excluding hydrogens is 342 g/mol. The second-order valence-corrected chi connectivity index (χ2v) is 7.02. The molecule has 1 aromatic carbocycles. The first kappa shape index (κ1) is 17.7. The fourth-order valence-corrected chi connectivity index (χ4v) is 3.59. The smallest absolute Gasteiger partial charge is 0.253 e. The van der Waals surface area contributed by atoms with Gasteiger partial charge in [0.25, 0.3) is 5.91 Å². The number of hydrogen-bond acceptors (Lipinski definition) is 6. The van der Waals surface area contributed by atoms with Gasteiger partial charge in [-0.2, -0.15) is 5.10 Å². The lowest BCUT2D eigenvalue weighted by Gasteiger charge is -2.36. The van der Waals surface area contributed by atoms with Crippen LogP contribution in [0, 0.1) is 6.92 Å². The molecule has 3 heterocycles. The number of piperazine rings is 1. The number of anilines is 2. The van der Waals surface area contributed by atoms with E-state index in [2.05, 4.69) is 26.1 Å². The lowest BCUT2D eigenvalue weighted by molar-refractivity contribution is 0.0746. The van der Waals surface area contributed by atoms with Crippen molar-refractivity contribution >= 4 is 17.4 Å². The zero-order chi connectivity index (χ0) is 18.6. The summed E-state index contributed by atoms with van der Waals surface area (Å²) in [6.45, 7) is 8.17. The number of benzene rings is 1. The number of rotatable bonds is 3. The quantitative estimate of drug-likeness (QED) is 0.821. The second kappa shape index (κ2) is 7.92. The molecule has 7 nitrogen and oxygen atoms in total. The van der Waals surface area contributed by atoms with Crippen LogP contribution in [0.1, 0.15) is 15.9 Å². The van der Waals surface area contributed by atoms with Crippen LogP contribution in [0.25, 0.3) is 0 Å². The predicted octanol–water partition coefficient (Wildman–Crippen LogP) is 1.58. The van der Waals surface area contributed by atoms with E-state index in [1.54, 1.807) is 0 Å². The minimum atomic E-state index is 0.111. The van der Waals surface area contributed by atoms with Crippen molar-refractivity contribution in [1.29, 1.82) is 0 Å². The van der Waals surface area contributed by atoms with E-state index in [9.17, 15) is 4.79 Å². The SMILES string of the molecule is Cc1cccc(C(=O)N2CCN(c3cnnc(N4CCOCC4)c3)CC2)c1. The van der Waals surface area contributed by atoms with E-state index >= 15 is 0 Å². The average molecular weight is 367 g/mol. The second-order valence-electron chi connectivity index (χ2n) is 7.02. The molecule has 2 aromatic rings. The number of ether oxygens (including phenoxy) is 1. The number of morpholine rings is 1. The fraction of sp³-hybridized carbons (Fsp3) is 0.450. The first-order chi connectivity index (χ1) is 13.2. The Balaban J connectivity index is 1.40. The number of aryl methyl sites for hydroxylation is 1. The van der Waals surface area contributed by atoms with Gasteiger partial charge in [-0.1, -0.05) is 17.7 Å². The van der Waals surface area contributed by atoms with Crippen LogP contribution in [0.2, 0.25) is 0 Å². The lowest BCUT2D eigenvalue weighted by atomic mass is 10.1. The van der Waals surface area contributed by atoms with Crippen molar-refractivity contribution in [2.24, 2.45) is 0 Å². The highest BCUT2D eigenvalue weighted by Gasteiger charge is 2.23. The Bertz CT molecular complexity index is 798. The molecule has 2 saturated heterocycles. The molecule has 142 valence electrons. The summed E-state index contributed by atoms with van der Waals surface area (Å²) in [5.41, 5.74) is 2.94. The summed E-state index contributed by atoms with van der Waals surface area (Å²) in [6.07, 6.45) is 1.81. The molecule has 0 aliphatic carbocycles. The molecule has 0 spiro atoms. The molecule has 4 rings (SSSR count). The van der Waals surface area contributed by atoms with Crippen LogP contribution in [0.3, 0.4) is 0 Å². The van der Waals surface area contributed by atoms with Gasteiger partial charge in [0.2, 0.25) is 0 Å². The van der Waals surface area contributed by atoms with Gasteiger partial charge in [-0.25, -0.2) is 0 Å². The van der Waals surface area contributed by atoms with Crippen molar-refractivity contribution in [2.45, 2.75) is 6.92 Å². The monoisotopic (exact) mass is 367 g/mol. The highest BCUT2D eigenvalue weighted by atomic mass is 16.5. The molecule has 1 aromatic heterocycles. The van der Waals surface area contributed by atoms with Crippen molar-refractivity contribution in [3.8, 4) is 0 Å². The van der Waals surface area contributed by atoms with Crippen molar-refractivity contribution in [1.82, 2.24) is 15.1 Å². The summed E-state index contributed by atoms with van der Waals surface area (Å²) in [5, 5.41) is 8.47. The topological polar surface area (TPSA) is 61.8 Å². The van der Waals surface area contributed by atoms with E-state index < -0.39 is 0 Å². The average Bonchev–Trinajstić information content (AvgIpc) is 2.74. The highest BCUT2D eigenvalue weighted by molar-refractivity contribution is 5.94. The molecule has 0 radical (unpaired) electrons. The van der Waals surface area contributed by atoms with Crippen molar-refractivity contribution in [3.05, 3.63) is 47.7 Å². The maximum Gasteiger partial charge on any atom is 0.253 e. The number of hydrogen-bond donors (Lipinski definition) is 0. The third-order valence-corrected chi connectivity index (χ3v) is 5.16. The zero-order valence-electron chi connectivity index (χ0n) is 15.7. The molecular formula is C20H25N5O2. The number of carbonyl (C=O) groups excluding carboxylic acids is 1. The van der Waals surface area contributed by atoms with E-state index in [4.69, 9.17) is 4.74 Å². The molecule has 0 N–H and O–H groups in total. The molecule has 0 bridgehead atoms. The molecule has 1 amide bonds. The third-order valence-electron chi connectivity index (χ3n) is 5.16. The Morgan fingerprint density at radius 2 is 1.78 bits per heavy atom. The predicted molar refractivity (Wildman–Crippen MR) is 104 cm³/mol. The van der Waals surface area contributed by atoms with Crippen LogP contribution in [-0.2, 0) is 4.74 Å². The van der Waals surface area contributed by atoms with E-state index in [0.29, 0.717) is 13.1 Å². The molecule has 2 aliphatic heterocycles. The number of nitrogens with zero attached hydrogens (tertiary/aromatic N) is 5. The normalized spacial score (nSPS) is 17.9. The van der Waals surface area contributed by atoms with Crippen LogP contribution in [-0.4, -0.2) is 73.5 Å². The van der Waals surface area contributed by atoms with Crippen LogP contribution < -0.4 is 9.80 Å². The maximum atomic E-state index is 12.7. The van der Waals surface area contributed by atoms with Crippen molar-refractivity contribution < 1.29 is 9.53 Å². The summed E-state index contributed by atoms with van der Waals surface area (Å²) in [7, 11) is 0. The number of carbonyl (C=O) groups is 1. The van der Waals surface area contributed by atoms with Gasteiger partial charge < -0.3 is 19.4 Å². The highest BCUT2D eigenvalue weighted by Crippen LogP contribution is 2.21. The fourth-order valence-electron chi connectivity index (χ4n) is 3.59. The first-order valence-electron chi connectivity index (χ1n) is 9.47. The Morgan fingerprint density at radius 1 is 1.00 bits per heavy atom. The zero-order valence-corrected chi connectivity index (χ0v) is 15.7. The molecule has 0 atom stereocenters. The molecule has 7 heteroatoms. The largest absolute Gasteiger partial charge is 0.378 e.